The van der Waals surface area contributed by atoms with Crippen LogP contribution in [0.1, 0.15) is 42.7 Å². The molecule has 0 saturated carbocycles. The number of nitrogens with one attached hydrogen (secondary N) is 2. The predicted molar refractivity (Wildman–Crippen MR) is 103 cm³/mol. The number of imidazole rings is 1. The molecular weight excluding hydrogens is 324 g/mol. The van der Waals surface area contributed by atoms with Crippen molar-refractivity contribution in [2.24, 2.45) is 11.8 Å². The average molecular weight is 354 g/mol. The van der Waals surface area contributed by atoms with Gasteiger partial charge < -0.3 is 15.0 Å². The number of nitrogens with zero attached hydrogens (tertiary/aromatic N) is 2. The topological polar surface area (TPSA) is 64.2 Å². The van der Waals surface area contributed by atoms with E-state index in [1.54, 1.807) is 0 Å². The van der Waals surface area contributed by atoms with Crippen molar-refractivity contribution in [3.63, 3.8) is 0 Å². The number of rotatable bonds is 5. The molecule has 3 N–H and O–H groups in total. The first kappa shape index (κ1) is 17.7. The number of likely N-dealkylation sites (tertiary alicyclic amines) is 1. The van der Waals surface area contributed by atoms with Crippen LogP contribution < -0.4 is 5.32 Å². The molecule has 1 aromatic carbocycles. The smallest absolute Gasteiger partial charge is 0.106 e. The molecule has 4 rings (SSSR count). The lowest BCUT2D eigenvalue weighted by Crippen LogP contribution is -2.48. The highest BCUT2D eigenvalue weighted by Crippen LogP contribution is 2.51. The Labute approximate surface area is 155 Å². The van der Waals surface area contributed by atoms with Crippen molar-refractivity contribution < 1.29 is 5.11 Å². The van der Waals surface area contributed by atoms with E-state index in [0.717, 1.165) is 43.3 Å². The van der Waals surface area contributed by atoms with Gasteiger partial charge in [0.25, 0.3) is 0 Å². The van der Waals surface area contributed by atoms with E-state index in [-0.39, 0.29) is 12.6 Å². The van der Waals surface area contributed by atoms with Crippen molar-refractivity contribution in [2.75, 3.05) is 26.2 Å². The molecular formula is C21H30N4O. The summed E-state index contributed by atoms with van der Waals surface area (Å²) in [7, 11) is 0. The van der Waals surface area contributed by atoms with E-state index in [1.165, 1.54) is 5.56 Å². The Bertz CT molecular complexity index is 759. The standard InChI is InChI=1S/C21H30N4O/c1-4-18-22-14(3)19(23-18)20-16-11-25(5-2)12-17(16)21(13-26,24-20)15-9-7-6-8-10-15/h6-10,16-17,20,24,26H,4-5,11-13H2,1-3H3,(H,22,23)/t16-,17+,20+,21-/m1/s1. The van der Waals surface area contributed by atoms with Crippen molar-refractivity contribution in [2.45, 2.75) is 38.8 Å². The number of benzene rings is 1. The lowest BCUT2D eigenvalue weighted by molar-refractivity contribution is 0.127. The summed E-state index contributed by atoms with van der Waals surface area (Å²) in [5, 5.41) is 14.4. The van der Waals surface area contributed by atoms with Crippen molar-refractivity contribution in [1.82, 2.24) is 20.2 Å². The van der Waals surface area contributed by atoms with E-state index < -0.39 is 5.54 Å². The van der Waals surface area contributed by atoms with E-state index in [9.17, 15) is 5.11 Å². The molecule has 2 aromatic rings. The highest BCUT2D eigenvalue weighted by Gasteiger charge is 2.58. The number of hydrogen-bond acceptors (Lipinski definition) is 4. The molecule has 0 unspecified atom stereocenters. The lowest BCUT2D eigenvalue weighted by Gasteiger charge is -2.35. The number of H-pyrrole nitrogens is 1. The van der Waals surface area contributed by atoms with Gasteiger partial charge in [-0.05, 0) is 24.9 Å². The molecule has 0 aliphatic carbocycles. The van der Waals surface area contributed by atoms with Gasteiger partial charge in [-0.3, -0.25) is 5.32 Å². The molecule has 2 fully saturated rings. The third-order valence-corrected chi connectivity index (χ3v) is 6.50. The summed E-state index contributed by atoms with van der Waals surface area (Å²) >= 11 is 0. The van der Waals surface area contributed by atoms with Gasteiger partial charge in [0, 0.05) is 31.1 Å². The van der Waals surface area contributed by atoms with Crippen LogP contribution in [0.3, 0.4) is 0 Å². The zero-order valence-electron chi connectivity index (χ0n) is 16.0. The number of aromatic amines is 1. The van der Waals surface area contributed by atoms with E-state index in [2.05, 4.69) is 60.2 Å². The number of aliphatic hydroxyl groups is 1. The number of hydrogen-bond donors (Lipinski definition) is 3. The maximum Gasteiger partial charge on any atom is 0.106 e. The van der Waals surface area contributed by atoms with Gasteiger partial charge in [-0.15, -0.1) is 0 Å². The van der Waals surface area contributed by atoms with Crippen molar-refractivity contribution in [3.8, 4) is 0 Å². The van der Waals surface area contributed by atoms with Crippen LogP contribution in [-0.4, -0.2) is 46.2 Å². The third-order valence-electron chi connectivity index (χ3n) is 6.50. The largest absolute Gasteiger partial charge is 0.394 e. The number of aromatic nitrogens is 2. The molecule has 4 atom stereocenters. The summed E-state index contributed by atoms with van der Waals surface area (Å²) in [6.07, 6.45) is 0.909. The van der Waals surface area contributed by atoms with Gasteiger partial charge in [0.15, 0.2) is 0 Å². The molecule has 0 amide bonds. The fourth-order valence-electron chi connectivity index (χ4n) is 5.09. The Balaban J connectivity index is 1.78. The molecule has 2 aliphatic rings. The minimum Gasteiger partial charge on any atom is -0.394 e. The van der Waals surface area contributed by atoms with Gasteiger partial charge >= 0.3 is 0 Å². The average Bonchev–Trinajstić information content (AvgIpc) is 3.34. The van der Waals surface area contributed by atoms with Crippen LogP contribution >= 0.6 is 0 Å². The van der Waals surface area contributed by atoms with Crippen LogP contribution in [-0.2, 0) is 12.0 Å². The van der Waals surface area contributed by atoms with E-state index in [0.29, 0.717) is 11.8 Å². The molecule has 0 bridgehead atoms. The first-order valence-electron chi connectivity index (χ1n) is 9.84. The van der Waals surface area contributed by atoms with Crippen LogP contribution in [0, 0.1) is 18.8 Å². The highest BCUT2D eigenvalue weighted by molar-refractivity contribution is 5.33. The zero-order chi connectivity index (χ0) is 18.3. The SMILES string of the molecule is CCc1nc([C@H]2N[C@](CO)(c3ccccc3)[C@H]3CN(CC)C[C@@H]23)c(C)[nH]1. The van der Waals surface area contributed by atoms with Gasteiger partial charge in [-0.1, -0.05) is 44.2 Å². The third kappa shape index (κ3) is 2.61. The monoisotopic (exact) mass is 354 g/mol. The summed E-state index contributed by atoms with van der Waals surface area (Å²) in [6.45, 7) is 9.70. The molecule has 140 valence electrons. The minimum absolute atomic E-state index is 0.107. The number of aliphatic hydroxyl groups excluding tert-OH is 1. The van der Waals surface area contributed by atoms with E-state index in [1.807, 2.05) is 6.07 Å². The van der Waals surface area contributed by atoms with E-state index in [4.69, 9.17) is 4.98 Å². The second-order valence-electron chi connectivity index (χ2n) is 7.79. The first-order valence-corrected chi connectivity index (χ1v) is 9.84. The van der Waals surface area contributed by atoms with Crippen molar-refractivity contribution >= 4 is 0 Å². The summed E-state index contributed by atoms with van der Waals surface area (Å²) in [5.74, 6) is 1.87. The second-order valence-corrected chi connectivity index (χ2v) is 7.79. The summed E-state index contributed by atoms with van der Waals surface area (Å²) < 4.78 is 0. The fraction of sp³-hybridized carbons (Fsp3) is 0.571. The Morgan fingerprint density at radius 1 is 1.23 bits per heavy atom. The number of aryl methyl sites for hydroxylation is 2. The molecule has 5 nitrogen and oxygen atoms in total. The maximum atomic E-state index is 10.6. The zero-order valence-corrected chi connectivity index (χ0v) is 16.0. The molecule has 0 radical (unpaired) electrons. The Morgan fingerprint density at radius 3 is 2.62 bits per heavy atom. The molecule has 3 heterocycles. The van der Waals surface area contributed by atoms with Gasteiger partial charge in [-0.2, -0.15) is 0 Å². The van der Waals surface area contributed by atoms with Crippen LogP contribution in [0.5, 0.6) is 0 Å². The predicted octanol–water partition coefficient (Wildman–Crippen LogP) is 2.38. The van der Waals surface area contributed by atoms with Crippen LogP contribution in [0.4, 0.5) is 0 Å². The number of fused-ring (bicyclic) bond motifs is 1. The fourth-order valence-corrected chi connectivity index (χ4v) is 5.09. The summed E-state index contributed by atoms with van der Waals surface area (Å²) in [5.41, 5.74) is 3.05. The molecule has 2 aliphatic heterocycles. The maximum absolute atomic E-state index is 10.6. The van der Waals surface area contributed by atoms with Gasteiger partial charge in [0.1, 0.15) is 5.82 Å². The van der Waals surface area contributed by atoms with Crippen molar-refractivity contribution in [1.29, 1.82) is 0 Å². The van der Waals surface area contributed by atoms with Crippen LogP contribution in [0.25, 0.3) is 0 Å². The van der Waals surface area contributed by atoms with Crippen molar-refractivity contribution in [3.05, 3.63) is 53.1 Å². The first-order chi connectivity index (χ1) is 12.6. The molecule has 26 heavy (non-hydrogen) atoms. The van der Waals surface area contributed by atoms with Gasteiger partial charge in [0.05, 0.1) is 23.9 Å². The molecule has 1 aromatic heterocycles. The minimum atomic E-state index is -0.404. The van der Waals surface area contributed by atoms with Crippen LogP contribution in [0.15, 0.2) is 30.3 Å². The summed E-state index contributed by atoms with van der Waals surface area (Å²) in [4.78, 5) is 10.8. The van der Waals surface area contributed by atoms with Gasteiger partial charge in [0.2, 0.25) is 0 Å². The van der Waals surface area contributed by atoms with Gasteiger partial charge in [-0.25, -0.2) is 4.98 Å². The Kier molecular flexibility index (Phi) is 4.63. The molecule has 0 spiro atoms. The van der Waals surface area contributed by atoms with Crippen LogP contribution in [0.2, 0.25) is 0 Å². The van der Waals surface area contributed by atoms with E-state index >= 15 is 0 Å². The Hall–Kier alpha value is -1.69. The lowest BCUT2D eigenvalue weighted by atomic mass is 9.76. The molecule has 2 saturated heterocycles. The molecule has 5 heteroatoms. The highest BCUT2D eigenvalue weighted by atomic mass is 16.3. The quantitative estimate of drug-likeness (QED) is 0.771. The second kappa shape index (κ2) is 6.80. The summed E-state index contributed by atoms with van der Waals surface area (Å²) in [6, 6.07) is 10.6. The Morgan fingerprint density at radius 2 is 2.00 bits per heavy atom. The normalized spacial score (nSPS) is 31.5.